The van der Waals surface area contributed by atoms with Crippen molar-refractivity contribution in [1.29, 1.82) is 0 Å². The Bertz CT molecular complexity index is 793. The van der Waals surface area contributed by atoms with Gasteiger partial charge in [-0.25, -0.2) is 9.31 Å². The van der Waals surface area contributed by atoms with Gasteiger partial charge in [0.15, 0.2) is 11.5 Å². The van der Waals surface area contributed by atoms with Crippen LogP contribution >= 0.6 is 0 Å². The molecule has 0 atom stereocenters. The first-order chi connectivity index (χ1) is 10.2. The summed E-state index contributed by atoms with van der Waals surface area (Å²) in [5.74, 6) is -4.00. The van der Waals surface area contributed by atoms with Crippen LogP contribution < -0.4 is 10.9 Å². The fourth-order valence-corrected chi connectivity index (χ4v) is 1.62. The number of H-pyrrole nitrogens is 1. The second-order valence-corrected chi connectivity index (χ2v) is 3.99. The number of hydrogen-bond donors (Lipinski definition) is 2. The summed E-state index contributed by atoms with van der Waals surface area (Å²) < 4.78 is 42.6. The van der Waals surface area contributed by atoms with Gasteiger partial charge in [-0.05, 0) is 6.92 Å². The molecular weight excluding hydrogens is 309 g/mol. The van der Waals surface area contributed by atoms with Crippen molar-refractivity contribution in [2.45, 2.75) is 13.1 Å². The van der Waals surface area contributed by atoms with Gasteiger partial charge >= 0.3 is 18.1 Å². The van der Waals surface area contributed by atoms with E-state index in [0.717, 1.165) is 16.8 Å². The summed E-state index contributed by atoms with van der Waals surface area (Å²) in [4.78, 5) is 36.4. The van der Waals surface area contributed by atoms with Crippen LogP contribution in [0, 0.1) is 0 Å². The Morgan fingerprint density at radius 2 is 2.14 bits per heavy atom. The number of aromatic nitrogens is 3. The minimum atomic E-state index is -5.16. The van der Waals surface area contributed by atoms with E-state index in [1.807, 2.05) is 0 Å². The number of nitrogens with one attached hydrogen (secondary N) is 2. The summed E-state index contributed by atoms with van der Waals surface area (Å²) in [6.45, 7) is 1.43. The van der Waals surface area contributed by atoms with Crippen molar-refractivity contribution in [3.63, 3.8) is 0 Å². The average Bonchev–Trinajstić information content (AvgIpc) is 2.75. The normalized spacial score (nSPS) is 11.5. The summed E-state index contributed by atoms with van der Waals surface area (Å²) in [7, 11) is 0. The quantitative estimate of drug-likeness (QED) is 0.810. The highest BCUT2D eigenvalue weighted by Gasteiger charge is 2.40. The zero-order valence-electron chi connectivity index (χ0n) is 11.0. The summed E-state index contributed by atoms with van der Waals surface area (Å²) in [5, 5.41) is 5.10. The van der Waals surface area contributed by atoms with E-state index in [4.69, 9.17) is 4.74 Å². The third kappa shape index (κ3) is 2.92. The number of carbonyl (C=O) groups excluding carboxylic acids is 2. The number of carbonyl (C=O) groups is 2. The van der Waals surface area contributed by atoms with Crippen LogP contribution in [0.2, 0.25) is 0 Å². The Kier molecular flexibility index (Phi) is 3.89. The molecule has 0 aliphatic carbocycles. The van der Waals surface area contributed by atoms with E-state index in [0.29, 0.717) is 0 Å². The molecule has 22 heavy (non-hydrogen) atoms. The first-order valence-corrected chi connectivity index (χ1v) is 5.91. The number of hydrogen-bond acceptors (Lipinski definition) is 5. The molecule has 2 aromatic heterocycles. The molecule has 0 aromatic carbocycles. The predicted molar refractivity (Wildman–Crippen MR) is 66.5 cm³/mol. The van der Waals surface area contributed by atoms with E-state index in [2.05, 4.69) is 10.1 Å². The van der Waals surface area contributed by atoms with E-state index in [1.165, 1.54) is 12.2 Å². The molecule has 1 amide bonds. The molecule has 2 N–H and O–H groups in total. The number of aromatic amines is 1. The van der Waals surface area contributed by atoms with Gasteiger partial charge in [0.2, 0.25) is 0 Å². The minimum Gasteiger partial charge on any atom is -0.462 e. The molecule has 0 radical (unpaired) electrons. The van der Waals surface area contributed by atoms with Crippen molar-refractivity contribution in [2.75, 3.05) is 11.9 Å². The molecule has 2 rings (SSSR count). The summed E-state index contributed by atoms with van der Waals surface area (Å²) in [6, 6.07) is 1.05. The van der Waals surface area contributed by atoms with Crippen LogP contribution in [-0.4, -0.2) is 39.3 Å². The van der Waals surface area contributed by atoms with Crippen molar-refractivity contribution in [3.8, 4) is 0 Å². The first kappa shape index (κ1) is 15.5. The Labute approximate surface area is 119 Å². The number of ether oxygens (including phenoxy) is 1. The SMILES string of the molecule is CCOC(=O)c1c(NC(=O)C(F)(F)F)nn2ccc(=O)[nH]c12. The van der Waals surface area contributed by atoms with Crippen molar-refractivity contribution >= 4 is 23.3 Å². The maximum absolute atomic E-state index is 12.3. The number of anilines is 1. The van der Waals surface area contributed by atoms with E-state index < -0.39 is 35.0 Å². The number of halogens is 3. The van der Waals surface area contributed by atoms with Crippen LogP contribution in [0.5, 0.6) is 0 Å². The van der Waals surface area contributed by atoms with Gasteiger partial charge in [0.1, 0.15) is 5.56 Å². The highest BCUT2D eigenvalue weighted by Crippen LogP contribution is 2.22. The third-order valence-corrected chi connectivity index (χ3v) is 2.49. The molecule has 11 heteroatoms. The van der Waals surface area contributed by atoms with Crippen molar-refractivity contribution in [1.82, 2.24) is 14.6 Å². The monoisotopic (exact) mass is 318 g/mol. The van der Waals surface area contributed by atoms with Gasteiger partial charge in [-0.1, -0.05) is 0 Å². The van der Waals surface area contributed by atoms with E-state index in [-0.39, 0.29) is 12.3 Å². The number of alkyl halides is 3. The van der Waals surface area contributed by atoms with Gasteiger partial charge in [-0.3, -0.25) is 9.59 Å². The minimum absolute atomic E-state index is 0.0557. The van der Waals surface area contributed by atoms with Crippen LogP contribution in [0.3, 0.4) is 0 Å². The van der Waals surface area contributed by atoms with Gasteiger partial charge in [0, 0.05) is 12.3 Å². The van der Waals surface area contributed by atoms with Crippen LogP contribution in [-0.2, 0) is 9.53 Å². The van der Waals surface area contributed by atoms with Gasteiger partial charge in [-0.2, -0.15) is 13.2 Å². The van der Waals surface area contributed by atoms with Crippen molar-refractivity contribution < 1.29 is 27.5 Å². The summed E-state index contributed by atoms with van der Waals surface area (Å²) in [6.07, 6.45) is -4.03. The Hall–Kier alpha value is -2.85. The maximum atomic E-state index is 12.3. The van der Waals surface area contributed by atoms with Gasteiger partial charge < -0.3 is 15.0 Å². The standard InChI is InChI=1S/C11H9F3N4O4/c1-2-22-9(20)6-7(16-10(21)11(12,13)14)17-18-4-3-5(19)15-8(6)18/h3-4H,2H2,1H3,(H,15,19)(H,16,17,21). The molecule has 0 aliphatic rings. The van der Waals surface area contributed by atoms with Crippen molar-refractivity contribution in [2.24, 2.45) is 0 Å². The van der Waals surface area contributed by atoms with Gasteiger partial charge in [-0.15, -0.1) is 5.10 Å². The van der Waals surface area contributed by atoms with Crippen LogP contribution in [0.25, 0.3) is 5.65 Å². The zero-order valence-corrected chi connectivity index (χ0v) is 11.0. The maximum Gasteiger partial charge on any atom is 0.471 e. The predicted octanol–water partition coefficient (Wildman–Crippen LogP) is 0.700. The third-order valence-electron chi connectivity index (χ3n) is 2.49. The number of nitrogens with zero attached hydrogens (tertiary/aromatic N) is 2. The average molecular weight is 318 g/mol. The molecule has 118 valence electrons. The second-order valence-electron chi connectivity index (χ2n) is 3.99. The number of rotatable bonds is 3. The Morgan fingerprint density at radius 3 is 2.73 bits per heavy atom. The van der Waals surface area contributed by atoms with E-state index >= 15 is 0 Å². The van der Waals surface area contributed by atoms with Crippen LogP contribution in [0.15, 0.2) is 17.1 Å². The highest BCUT2D eigenvalue weighted by atomic mass is 19.4. The molecule has 0 spiro atoms. The molecule has 0 saturated heterocycles. The highest BCUT2D eigenvalue weighted by molar-refractivity contribution is 6.05. The molecule has 0 fully saturated rings. The lowest BCUT2D eigenvalue weighted by atomic mass is 10.3. The zero-order chi connectivity index (χ0) is 16.5. The fourth-order valence-electron chi connectivity index (χ4n) is 1.62. The Morgan fingerprint density at radius 1 is 1.45 bits per heavy atom. The summed E-state index contributed by atoms with van der Waals surface area (Å²) >= 11 is 0. The number of amides is 1. The molecule has 0 bridgehead atoms. The largest absolute Gasteiger partial charge is 0.471 e. The van der Waals surface area contributed by atoms with E-state index in [1.54, 1.807) is 0 Å². The molecule has 0 unspecified atom stereocenters. The molecule has 8 nitrogen and oxygen atoms in total. The topological polar surface area (TPSA) is 106 Å². The number of fused-ring (bicyclic) bond motifs is 1. The fraction of sp³-hybridized carbons (Fsp3) is 0.273. The van der Waals surface area contributed by atoms with Crippen LogP contribution in [0.4, 0.5) is 19.0 Å². The molecule has 0 aliphatic heterocycles. The number of esters is 1. The first-order valence-electron chi connectivity index (χ1n) is 5.91. The smallest absolute Gasteiger partial charge is 0.462 e. The second kappa shape index (κ2) is 5.50. The lowest BCUT2D eigenvalue weighted by Crippen LogP contribution is -2.30. The molecule has 2 aromatic rings. The van der Waals surface area contributed by atoms with Gasteiger partial charge in [0.05, 0.1) is 6.61 Å². The molecule has 2 heterocycles. The van der Waals surface area contributed by atoms with Crippen LogP contribution in [0.1, 0.15) is 17.3 Å². The lowest BCUT2D eigenvalue weighted by molar-refractivity contribution is -0.167. The van der Waals surface area contributed by atoms with Crippen molar-refractivity contribution in [3.05, 3.63) is 28.2 Å². The molecular formula is C11H9F3N4O4. The Balaban J connectivity index is 2.57. The summed E-state index contributed by atoms with van der Waals surface area (Å²) in [5.41, 5.74) is -1.27. The van der Waals surface area contributed by atoms with E-state index in [9.17, 15) is 27.6 Å². The molecule has 0 saturated carbocycles. The lowest BCUT2D eigenvalue weighted by Gasteiger charge is -2.07. The van der Waals surface area contributed by atoms with Gasteiger partial charge in [0.25, 0.3) is 5.56 Å².